The van der Waals surface area contributed by atoms with Crippen molar-refractivity contribution in [3.05, 3.63) is 0 Å². The Labute approximate surface area is 134 Å². The molecule has 3 aliphatic rings. The summed E-state index contributed by atoms with van der Waals surface area (Å²) in [5.74, 6) is 0.992. The molecule has 4 heteroatoms. The molecule has 1 N–H and O–H groups in total. The van der Waals surface area contributed by atoms with Gasteiger partial charge in [0, 0.05) is 38.1 Å². The van der Waals surface area contributed by atoms with Crippen LogP contribution in [0.3, 0.4) is 0 Å². The van der Waals surface area contributed by atoms with Gasteiger partial charge >= 0.3 is 0 Å². The number of piperazine rings is 1. The van der Waals surface area contributed by atoms with Gasteiger partial charge in [-0.1, -0.05) is 12.8 Å². The van der Waals surface area contributed by atoms with Gasteiger partial charge in [-0.25, -0.2) is 0 Å². The second kappa shape index (κ2) is 6.88. The molecule has 126 valence electrons. The van der Waals surface area contributed by atoms with Crippen LogP contribution in [0.2, 0.25) is 0 Å². The number of carbonyl (C=O) groups is 1. The number of rotatable bonds is 2. The van der Waals surface area contributed by atoms with Crippen LogP contribution in [0.4, 0.5) is 0 Å². The van der Waals surface area contributed by atoms with Gasteiger partial charge in [-0.2, -0.15) is 0 Å². The normalized spacial score (nSPS) is 40.3. The van der Waals surface area contributed by atoms with E-state index in [0.29, 0.717) is 18.1 Å². The van der Waals surface area contributed by atoms with Crippen molar-refractivity contribution in [2.45, 2.75) is 89.4 Å². The van der Waals surface area contributed by atoms with E-state index in [4.69, 9.17) is 0 Å². The highest BCUT2D eigenvalue weighted by Crippen LogP contribution is 2.35. The fourth-order valence-electron chi connectivity index (χ4n) is 5.14. The van der Waals surface area contributed by atoms with Gasteiger partial charge < -0.3 is 10.0 Å². The maximum atomic E-state index is 12.1. The van der Waals surface area contributed by atoms with E-state index in [1.54, 1.807) is 6.92 Å². The first kappa shape index (κ1) is 16.3. The number of nitrogens with zero attached hydrogens (tertiary/aromatic N) is 2. The van der Waals surface area contributed by atoms with Gasteiger partial charge in [0.1, 0.15) is 0 Å². The lowest BCUT2D eigenvalue weighted by molar-refractivity contribution is -0.142. The lowest BCUT2D eigenvalue weighted by Crippen LogP contribution is -2.65. The number of hydrogen-bond donors (Lipinski definition) is 1. The first-order valence-corrected chi connectivity index (χ1v) is 9.27. The van der Waals surface area contributed by atoms with Crippen molar-refractivity contribution in [1.82, 2.24) is 9.80 Å². The summed E-state index contributed by atoms with van der Waals surface area (Å²) in [6.45, 7) is 6.15. The molecule has 0 aromatic heterocycles. The van der Waals surface area contributed by atoms with Crippen LogP contribution < -0.4 is 0 Å². The topological polar surface area (TPSA) is 43.8 Å². The van der Waals surface area contributed by atoms with Gasteiger partial charge in [-0.3, -0.25) is 9.69 Å². The number of carbonyl (C=O) groups excluding carboxylic acids is 1. The molecule has 2 unspecified atom stereocenters. The third kappa shape index (κ3) is 3.33. The molecule has 0 aromatic carbocycles. The summed E-state index contributed by atoms with van der Waals surface area (Å²) in [7, 11) is 0. The minimum atomic E-state index is -0.0628. The van der Waals surface area contributed by atoms with Gasteiger partial charge in [-0.15, -0.1) is 0 Å². The Morgan fingerprint density at radius 2 is 1.68 bits per heavy atom. The summed E-state index contributed by atoms with van der Waals surface area (Å²) in [6.07, 6.45) is 9.21. The van der Waals surface area contributed by atoms with Crippen LogP contribution in [0.25, 0.3) is 0 Å². The molecular formula is C18H32N2O2. The molecule has 0 spiro atoms. The van der Waals surface area contributed by atoms with Crippen molar-refractivity contribution in [3.63, 3.8) is 0 Å². The van der Waals surface area contributed by atoms with Crippen LogP contribution in [0.1, 0.15) is 65.2 Å². The van der Waals surface area contributed by atoms with E-state index in [-0.39, 0.29) is 12.0 Å². The average Bonchev–Trinajstić information content (AvgIpc) is 2.49. The zero-order valence-corrected chi connectivity index (χ0v) is 14.2. The summed E-state index contributed by atoms with van der Waals surface area (Å²) in [5, 5.41) is 9.70. The molecule has 1 amide bonds. The van der Waals surface area contributed by atoms with E-state index in [1.165, 1.54) is 45.1 Å². The van der Waals surface area contributed by atoms with E-state index in [1.807, 2.05) is 0 Å². The molecule has 3 rings (SSSR count). The molecule has 2 saturated carbocycles. The molecule has 2 aliphatic carbocycles. The Hall–Kier alpha value is -0.610. The van der Waals surface area contributed by atoms with Crippen molar-refractivity contribution in [1.29, 1.82) is 0 Å². The van der Waals surface area contributed by atoms with Crippen LogP contribution in [-0.2, 0) is 4.79 Å². The van der Waals surface area contributed by atoms with Gasteiger partial charge in [0.05, 0.1) is 6.10 Å². The van der Waals surface area contributed by atoms with Gasteiger partial charge in [0.2, 0.25) is 5.91 Å². The minimum absolute atomic E-state index is 0.0628. The van der Waals surface area contributed by atoms with Gasteiger partial charge in [0.25, 0.3) is 0 Å². The Balaban J connectivity index is 1.67. The number of fused-ring (bicyclic) bond motifs is 1. The fourth-order valence-corrected chi connectivity index (χ4v) is 5.14. The fraction of sp³-hybridized carbons (Fsp3) is 0.944. The smallest absolute Gasteiger partial charge is 0.220 e. The predicted molar refractivity (Wildman–Crippen MR) is 87.6 cm³/mol. The zero-order valence-electron chi connectivity index (χ0n) is 14.2. The van der Waals surface area contributed by atoms with Crippen LogP contribution in [0.15, 0.2) is 0 Å². The van der Waals surface area contributed by atoms with Crippen molar-refractivity contribution < 1.29 is 9.90 Å². The first-order chi connectivity index (χ1) is 10.6. The summed E-state index contributed by atoms with van der Waals surface area (Å²) in [4.78, 5) is 16.9. The largest absolute Gasteiger partial charge is 0.393 e. The summed E-state index contributed by atoms with van der Waals surface area (Å²) >= 11 is 0. The molecule has 0 aromatic rings. The summed E-state index contributed by atoms with van der Waals surface area (Å²) < 4.78 is 0. The monoisotopic (exact) mass is 308 g/mol. The summed E-state index contributed by atoms with van der Waals surface area (Å²) in [6, 6.07) is 1.34. The van der Waals surface area contributed by atoms with E-state index in [2.05, 4.69) is 16.7 Å². The van der Waals surface area contributed by atoms with Crippen molar-refractivity contribution in [2.75, 3.05) is 13.1 Å². The molecular weight excluding hydrogens is 276 g/mol. The maximum absolute atomic E-state index is 12.1. The molecule has 4 nitrogen and oxygen atoms in total. The van der Waals surface area contributed by atoms with Crippen molar-refractivity contribution in [2.24, 2.45) is 5.92 Å². The molecule has 1 saturated heterocycles. The second-order valence-corrected chi connectivity index (χ2v) is 7.82. The van der Waals surface area contributed by atoms with Crippen LogP contribution in [0, 0.1) is 5.92 Å². The quantitative estimate of drug-likeness (QED) is 0.852. The Morgan fingerprint density at radius 3 is 2.32 bits per heavy atom. The lowest BCUT2D eigenvalue weighted by atomic mass is 9.82. The highest BCUT2D eigenvalue weighted by atomic mass is 16.3. The van der Waals surface area contributed by atoms with Crippen LogP contribution >= 0.6 is 0 Å². The second-order valence-electron chi connectivity index (χ2n) is 7.82. The number of aliphatic hydroxyl groups excluding tert-OH is 1. The zero-order chi connectivity index (χ0) is 15.7. The molecule has 0 radical (unpaired) electrons. The maximum Gasteiger partial charge on any atom is 0.220 e. The lowest BCUT2D eigenvalue weighted by Gasteiger charge is -2.53. The molecule has 3 fully saturated rings. The number of amides is 1. The van der Waals surface area contributed by atoms with Crippen LogP contribution in [-0.4, -0.2) is 58.1 Å². The first-order valence-electron chi connectivity index (χ1n) is 9.27. The Bertz CT molecular complexity index is 393. The average molecular weight is 308 g/mol. The SMILES string of the molecule is CC(=O)N1C2CCCCC2N(CC2CCC(O)CC2)C[C@@H]1C. The molecule has 0 bridgehead atoms. The highest BCUT2D eigenvalue weighted by Gasteiger charge is 2.42. The standard InChI is InChI=1S/C18H32N2O2/c1-13-11-19(12-15-7-9-16(22)10-8-15)17-5-3-4-6-18(17)20(13)14(2)21/h13,15-18,22H,3-12H2,1-2H3/t13-,15?,16?,17?,18?/m0/s1. The highest BCUT2D eigenvalue weighted by molar-refractivity contribution is 5.74. The predicted octanol–water partition coefficient (Wildman–Crippen LogP) is 2.40. The van der Waals surface area contributed by atoms with Crippen molar-refractivity contribution >= 4 is 5.91 Å². The third-order valence-electron chi connectivity index (χ3n) is 6.17. The van der Waals surface area contributed by atoms with Gasteiger partial charge in [-0.05, 0) is 51.4 Å². The molecule has 22 heavy (non-hydrogen) atoms. The van der Waals surface area contributed by atoms with Gasteiger partial charge in [0.15, 0.2) is 0 Å². The number of aliphatic hydroxyl groups is 1. The molecule has 1 aliphatic heterocycles. The van der Waals surface area contributed by atoms with Crippen LogP contribution in [0.5, 0.6) is 0 Å². The molecule has 1 heterocycles. The Kier molecular flexibility index (Phi) is 5.08. The van der Waals surface area contributed by atoms with E-state index in [9.17, 15) is 9.90 Å². The van der Waals surface area contributed by atoms with E-state index >= 15 is 0 Å². The van der Waals surface area contributed by atoms with Crippen molar-refractivity contribution in [3.8, 4) is 0 Å². The van der Waals surface area contributed by atoms with E-state index in [0.717, 1.165) is 25.3 Å². The number of hydrogen-bond acceptors (Lipinski definition) is 3. The minimum Gasteiger partial charge on any atom is -0.393 e. The third-order valence-corrected chi connectivity index (χ3v) is 6.17. The van der Waals surface area contributed by atoms with E-state index < -0.39 is 0 Å². The Morgan fingerprint density at radius 1 is 1.05 bits per heavy atom. The summed E-state index contributed by atoms with van der Waals surface area (Å²) in [5.41, 5.74) is 0. The molecule has 3 atom stereocenters.